The van der Waals surface area contributed by atoms with Gasteiger partial charge in [0, 0.05) is 11.6 Å². The smallest absolute Gasteiger partial charge is 0.261 e. The van der Waals surface area contributed by atoms with Crippen LogP contribution in [0.2, 0.25) is 0 Å². The Hall–Kier alpha value is -2.01. The number of ether oxygens (including phenoxy) is 2. The Kier molecular flexibility index (Phi) is 4.63. The maximum absolute atomic E-state index is 12.0. The summed E-state index contributed by atoms with van der Waals surface area (Å²) in [5.74, 6) is 1.34. The summed E-state index contributed by atoms with van der Waals surface area (Å²) < 4.78 is 10.5. The number of thiophene rings is 1. The van der Waals surface area contributed by atoms with Crippen LogP contribution < -0.4 is 14.8 Å². The molecule has 0 aliphatic carbocycles. The lowest BCUT2D eigenvalue weighted by atomic mass is 10.1. The maximum Gasteiger partial charge on any atom is 0.261 e. The lowest BCUT2D eigenvalue weighted by Gasteiger charge is -2.17. The number of methoxy groups -OCH3 is 2. The number of hydrogen-bond acceptors (Lipinski definition) is 4. The zero-order valence-electron chi connectivity index (χ0n) is 11.7. The van der Waals surface area contributed by atoms with Gasteiger partial charge in [-0.15, -0.1) is 11.3 Å². The second-order valence-electron chi connectivity index (χ2n) is 4.28. The third-order valence-corrected chi connectivity index (χ3v) is 3.87. The van der Waals surface area contributed by atoms with Crippen LogP contribution in [-0.2, 0) is 0 Å². The molecule has 0 saturated heterocycles. The van der Waals surface area contributed by atoms with Crippen LogP contribution in [0.25, 0.3) is 0 Å². The number of hydrogen-bond donors (Lipinski definition) is 1. The first-order chi connectivity index (χ1) is 9.65. The monoisotopic (exact) mass is 291 g/mol. The molecule has 5 heteroatoms. The van der Waals surface area contributed by atoms with Crippen LogP contribution in [0, 0.1) is 0 Å². The predicted octanol–water partition coefficient (Wildman–Crippen LogP) is 3.26. The molecule has 1 unspecified atom stereocenters. The highest BCUT2D eigenvalue weighted by Gasteiger charge is 2.16. The van der Waals surface area contributed by atoms with E-state index >= 15 is 0 Å². The SMILES string of the molecule is COc1ccc(C(C)NC(=O)c2cccs2)c(OC)c1. The Bertz CT molecular complexity index is 581. The van der Waals surface area contributed by atoms with E-state index in [2.05, 4.69) is 5.32 Å². The van der Waals surface area contributed by atoms with Crippen LogP contribution >= 0.6 is 11.3 Å². The van der Waals surface area contributed by atoms with Crippen molar-refractivity contribution in [1.82, 2.24) is 5.32 Å². The molecule has 1 N–H and O–H groups in total. The van der Waals surface area contributed by atoms with Crippen molar-refractivity contribution < 1.29 is 14.3 Å². The van der Waals surface area contributed by atoms with Gasteiger partial charge in [0.1, 0.15) is 11.5 Å². The molecule has 0 aliphatic heterocycles. The zero-order chi connectivity index (χ0) is 14.5. The molecule has 1 atom stereocenters. The summed E-state index contributed by atoms with van der Waals surface area (Å²) in [5.41, 5.74) is 0.915. The van der Waals surface area contributed by atoms with E-state index in [-0.39, 0.29) is 11.9 Å². The number of carbonyl (C=O) groups excluding carboxylic acids is 1. The molecule has 2 aromatic rings. The van der Waals surface area contributed by atoms with E-state index in [0.29, 0.717) is 10.6 Å². The van der Waals surface area contributed by atoms with Crippen molar-refractivity contribution in [3.63, 3.8) is 0 Å². The second-order valence-corrected chi connectivity index (χ2v) is 5.23. The average Bonchev–Trinajstić information content (AvgIpc) is 3.00. The Labute approximate surface area is 122 Å². The molecule has 0 radical (unpaired) electrons. The quantitative estimate of drug-likeness (QED) is 0.920. The van der Waals surface area contributed by atoms with Crippen LogP contribution in [0.4, 0.5) is 0 Å². The van der Waals surface area contributed by atoms with E-state index in [4.69, 9.17) is 9.47 Å². The van der Waals surface area contributed by atoms with E-state index in [9.17, 15) is 4.79 Å². The molecule has 0 spiro atoms. The fourth-order valence-corrected chi connectivity index (χ4v) is 2.56. The van der Waals surface area contributed by atoms with Gasteiger partial charge in [0.15, 0.2) is 0 Å². The van der Waals surface area contributed by atoms with Gasteiger partial charge in [-0.1, -0.05) is 6.07 Å². The van der Waals surface area contributed by atoms with Crippen molar-refractivity contribution in [2.75, 3.05) is 14.2 Å². The zero-order valence-corrected chi connectivity index (χ0v) is 12.5. The summed E-state index contributed by atoms with van der Waals surface area (Å²) in [6.07, 6.45) is 0. The lowest BCUT2D eigenvalue weighted by molar-refractivity contribution is 0.0943. The lowest BCUT2D eigenvalue weighted by Crippen LogP contribution is -2.26. The molecule has 4 nitrogen and oxygen atoms in total. The highest BCUT2D eigenvalue weighted by molar-refractivity contribution is 7.12. The second kappa shape index (κ2) is 6.43. The van der Waals surface area contributed by atoms with Gasteiger partial charge in [0.05, 0.1) is 25.1 Å². The van der Waals surface area contributed by atoms with Crippen molar-refractivity contribution in [3.05, 3.63) is 46.2 Å². The van der Waals surface area contributed by atoms with Crippen molar-refractivity contribution in [2.45, 2.75) is 13.0 Å². The summed E-state index contributed by atoms with van der Waals surface area (Å²) in [4.78, 5) is 12.7. The van der Waals surface area contributed by atoms with Gasteiger partial charge in [0.2, 0.25) is 0 Å². The van der Waals surface area contributed by atoms with Crippen LogP contribution in [0.3, 0.4) is 0 Å². The first kappa shape index (κ1) is 14.4. The largest absolute Gasteiger partial charge is 0.497 e. The van der Waals surface area contributed by atoms with E-state index in [0.717, 1.165) is 11.3 Å². The summed E-state index contributed by atoms with van der Waals surface area (Å²) in [6.45, 7) is 1.93. The maximum atomic E-state index is 12.0. The molecule has 0 fully saturated rings. The van der Waals surface area contributed by atoms with Crippen molar-refractivity contribution in [3.8, 4) is 11.5 Å². The Balaban J connectivity index is 2.16. The topological polar surface area (TPSA) is 47.6 Å². The van der Waals surface area contributed by atoms with E-state index in [1.807, 2.05) is 36.6 Å². The minimum Gasteiger partial charge on any atom is -0.497 e. The average molecular weight is 291 g/mol. The Morgan fingerprint density at radius 2 is 2.05 bits per heavy atom. The highest BCUT2D eigenvalue weighted by atomic mass is 32.1. The van der Waals surface area contributed by atoms with E-state index < -0.39 is 0 Å². The first-order valence-electron chi connectivity index (χ1n) is 6.22. The Morgan fingerprint density at radius 1 is 1.25 bits per heavy atom. The third-order valence-electron chi connectivity index (χ3n) is 3.00. The summed E-state index contributed by atoms with van der Waals surface area (Å²) in [5, 5.41) is 4.84. The molecule has 106 valence electrons. The van der Waals surface area contributed by atoms with Gasteiger partial charge in [-0.3, -0.25) is 4.79 Å². The minimum absolute atomic E-state index is 0.0784. The van der Waals surface area contributed by atoms with Crippen LogP contribution in [0.5, 0.6) is 11.5 Å². The molecule has 0 aliphatic rings. The van der Waals surface area contributed by atoms with Crippen molar-refractivity contribution in [2.24, 2.45) is 0 Å². The molecule has 0 bridgehead atoms. The standard InChI is InChI=1S/C15H17NO3S/c1-10(16-15(17)14-5-4-8-20-14)12-7-6-11(18-2)9-13(12)19-3/h4-10H,1-3H3,(H,16,17). The van der Waals surface area contributed by atoms with Crippen LogP contribution in [-0.4, -0.2) is 20.1 Å². The van der Waals surface area contributed by atoms with Gasteiger partial charge in [0.25, 0.3) is 5.91 Å². The van der Waals surface area contributed by atoms with Crippen molar-refractivity contribution in [1.29, 1.82) is 0 Å². The normalized spacial score (nSPS) is 11.8. The first-order valence-corrected chi connectivity index (χ1v) is 7.10. The van der Waals surface area contributed by atoms with E-state index in [1.54, 1.807) is 20.3 Å². The number of nitrogens with one attached hydrogen (secondary N) is 1. The Morgan fingerprint density at radius 3 is 2.65 bits per heavy atom. The minimum atomic E-state index is -0.148. The summed E-state index contributed by atoms with van der Waals surface area (Å²) in [7, 11) is 3.21. The molecule has 2 rings (SSSR count). The molecule has 1 aromatic heterocycles. The summed E-state index contributed by atoms with van der Waals surface area (Å²) in [6, 6.07) is 9.08. The number of rotatable bonds is 5. The fourth-order valence-electron chi connectivity index (χ4n) is 1.93. The summed E-state index contributed by atoms with van der Waals surface area (Å²) >= 11 is 1.42. The van der Waals surface area contributed by atoms with Gasteiger partial charge >= 0.3 is 0 Å². The molecule has 20 heavy (non-hydrogen) atoms. The van der Waals surface area contributed by atoms with E-state index in [1.165, 1.54) is 11.3 Å². The molecule has 1 aromatic carbocycles. The van der Waals surface area contributed by atoms with Crippen molar-refractivity contribution >= 4 is 17.2 Å². The molecule has 1 heterocycles. The molecular formula is C15H17NO3S. The number of amides is 1. The van der Waals surface area contributed by atoms with Crippen LogP contribution in [0.1, 0.15) is 28.2 Å². The molecular weight excluding hydrogens is 274 g/mol. The predicted molar refractivity (Wildman–Crippen MR) is 79.7 cm³/mol. The third kappa shape index (κ3) is 3.11. The van der Waals surface area contributed by atoms with Crippen LogP contribution in [0.15, 0.2) is 35.7 Å². The number of benzene rings is 1. The molecule has 1 amide bonds. The highest BCUT2D eigenvalue weighted by Crippen LogP contribution is 2.29. The fraction of sp³-hybridized carbons (Fsp3) is 0.267. The van der Waals surface area contributed by atoms with Gasteiger partial charge < -0.3 is 14.8 Å². The van der Waals surface area contributed by atoms with Gasteiger partial charge in [-0.25, -0.2) is 0 Å². The van der Waals surface area contributed by atoms with Gasteiger partial charge in [-0.05, 0) is 30.5 Å². The number of carbonyl (C=O) groups is 1. The molecule has 0 saturated carbocycles. The van der Waals surface area contributed by atoms with Gasteiger partial charge in [-0.2, -0.15) is 0 Å².